The predicted molar refractivity (Wildman–Crippen MR) is 69.5 cm³/mol. The van der Waals surface area contributed by atoms with E-state index in [9.17, 15) is 9.59 Å². The van der Waals surface area contributed by atoms with Crippen molar-refractivity contribution in [2.75, 3.05) is 13.7 Å². The number of methoxy groups -OCH3 is 1. The molecule has 0 saturated carbocycles. The molecule has 98 valence electrons. The first-order valence-corrected chi connectivity index (χ1v) is 5.99. The average Bonchev–Trinajstić information content (AvgIpc) is 2.38. The van der Waals surface area contributed by atoms with Crippen LogP contribution in [-0.4, -0.2) is 25.5 Å². The molecule has 1 aromatic rings. The lowest BCUT2D eigenvalue weighted by Crippen LogP contribution is -2.26. The molecule has 1 amide bonds. The number of benzene rings is 1. The van der Waals surface area contributed by atoms with Gasteiger partial charge in [0, 0.05) is 12.1 Å². The van der Waals surface area contributed by atoms with Crippen molar-refractivity contribution < 1.29 is 14.3 Å². The first-order chi connectivity index (χ1) is 8.54. The number of ether oxygens (including phenoxy) is 1. The van der Waals surface area contributed by atoms with Crippen molar-refractivity contribution in [3.05, 3.63) is 35.4 Å². The first-order valence-electron chi connectivity index (χ1n) is 5.99. The molecular formula is C14H19NO3. The number of hydrogen-bond donors (Lipinski definition) is 1. The lowest BCUT2D eigenvalue weighted by Gasteiger charge is -2.07. The van der Waals surface area contributed by atoms with Crippen molar-refractivity contribution in [2.24, 2.45) is 0 Å². The number of carbonyl (C=O) groups is 2. The van der Waals surface area contributed by atoms with Gasteiger partial charge in [0.2, 0.25) is 0 Å². The Morgan fingerprint density at radius 2 is 1.83 bits per heavy atom. The minimum Gasteiger partial charge on any atom is -0.469 e. The number of rotatable bonds is 5. The number of carbonyl (C=O) groups excluding carboxylic acids is 2. The Morgan fingerprint density at radius 3 is 2.33 bits per heavy atom. The Bertz CT molecular complexity index is 410. The standard InChI is InChI=1S/C14H19NO3/c1-10(2)11-4-6-12(7-5-11)14(17)15-9-8-13(16)18-3/h4-7,10H,8-9H2,1-3H3,(H,15,17). The van der Waals surface area contributed by atoms with Crippen LogP contribution in [-0.2, 0) is 9.53 Å². The predicted octanol–water partition coefficient (Wildman–Crippen LogP) is 2.10. The number of amides is 1. The number of nitrogens with one attached hydrogen (secondary N) is 1. The lowest BCUT2D eigenvalue weighted by atomic mass is 10.0. The topological polar surface area (TPSA) is 55.4 Å². The van der Waals surface area contributed by atoms with Gasteiger partial charge in [-0.3, -0.25) is 9.59 Å². The molecule has 0 bridgehead atoms. The molecule has 0 aromatic heterocycles. The molecule has 0 aliphatic heterocycles. The third-order valence-electron chi connectivity index (χ3n) is 2.68. The zero-order valence-electron chi connectivity index (χ0n) is 11.0. The van der Waals surface area contributed by atoms with Crippen LogP contribution in [0.1, 0.15) is 42.1 Å². The summed E-state index contributed by atoms with van der Waals surface area (Å²) in [6.07, 6.45) is 0.187. The molecule has 1 rings (SSSR count). The van der Waals surface area contributed by atoms with Crippen molar-refractivity contribution >= 4 is 11.9 Å². The van der Waals surface area contributed by atoms with Crippen molar-refractivity contribution in [2.45, 2.75) is 26.2 Å². The monoisotopic (exact) mass is 249 g/mol. The van der Waals surface area contributed by atoms with E-state index in [-0.39, 0.29) is 24.8 Å². The van der Waals surface area contributed by atoms with E-state index in [2.05, 4.69) is 23.9 Å². The van der Waals surface area contributed by atoms with E-state index in [0.717, 1.165) is 0 Å². The van der Waals surface area contributed by atoms with Crippen LogP contribution in [0.15, 0.2) is 24.3 Å². The maximum atomic E-state index is 11.7. The van der Waals surface area contributed by atoms with Crippen molar-refractivity contribution in [3.8, 4) is 0 Å². The van der Waals surface area contributed by atoms with Crippen molar-refractivity contribution in [3.63, 3.8) is 0 Å². The molecule has 18 heavy (non-hydrogen) atoms. The maximum absolute atomic E-state index is 11.7. The summed E-state index contributed by atoms with van der Waals surface area (Å²) in [4.78, 5) is 22.6. The van der Waals surface area contributed by atoms with Gasteiger partial charge >= 0.3 is 5.97 Å². The minimum atomic E-state index is -0.328. The zero-order chi connectivity index (χ0) is 13.5. The Labute approximate surface area is 107 Å². The largest absolute Gasteiger partial charge is 0.469 e. The molecule has 0 aliphatic carbocycles. The second-order valence-electron chi connectivity index (χ2n) is 4.36. The molecule has 0 fully saturated rings. The smallest absolute Gasteiger partial charge is 0.307 e. The van der Waals surface area contributed by atoms with Crippen LogP contribution in [0.4, 0.5) is 0 Å². The molecule has 0 spiro atoms. The SMILES string of the molecule is COC(=O)CCNC(=O)c1ccc(C(C)C)cc1. The highest BCUT2D eigenvalue weighted by atomic mass is 16.5. The van der Waals surface area contributed by atoms with Crippen LogP contribution < -0.4 is 5.32 Å². The summed E-state index contributed by atoms with van der Waals surface area (Å²) in [6, 6.07) is 7.48. The summed E-state index contributed by atoms with van der Waals surface area (Å²) < 4.78 is 4.49. The maximum Gasteiger partial charge on any atom is 0.307 e. The van der Waals surface area contributed by atoms with Gasteiger partial charge in [0.15, 0.2) is 0 Å². The van der Waals surface area contributed by atoms with E-state index in [1.165, 1.54) is 12.7 Å². The van der Waals surface area contributed by atoms with Crippen molar-refractivity contribution in [1.82, 2.24) is 5.32 Å². The summed E-state index contributed by atoms with van der Waals surface area (Å²) in [6.45, 7) is 4.49. The van der Waals surface area contributed by atoms with Gasteiger partial charge < -0.3 is 10.1 Å². The van der Waals surface area contributed by atoms with Crippen LogP contribution in [0.3, 0.4) is 0 Å². The molecular weight excluding hydrogens is 230 g/mol. The Hall–Kier alpha value is -1.84. The molecule has 1 aromatic carbocycles. The number of esters is 1. The molecule has 0 unspecified atom stereocenters. The summed E-state index contributed by atoms with van der Waals surface area (Å²) in [5, 5.41) is 2.67. The first kappa shape index (κ1) is 14.2. The van der Waals surface area contributed by atoms with Crippen LogP contribution in [0.25, 0.3) is 0 Å². The second-order valence-corrected chi connectivity index (χ2v) is 4.36. The van der Waals surface area contributed by atoms with E-state index >= 15 is 0 Å². The molecule has 4 nitrogen and oxygen atoms in total. The zero-order valence-corrected chi connectivity index (χ0v) is 11.0. The lowest BCUT2D eigenvalue weighted by molar-refractivity contribution is -0.140. The summed E-state index contributed by atoms with van der Waals surface area (Å²) in [5.41, 5.74) is 1.80. The van der Waals surface area contributed by atoms with E-state index in [1.807, 2.05) is 12.1 Å². The summed E-state index contributed by atoms with van der Waals surface area (Å²) in [5.74, 6) is -0.0545. The Balaban J connectivity index is 2.49. The molecule has 0 saturated heterocycles. The molecule has 0 heterocycles. The third-order valence-corrected chi connectivity index (χ3v) is 2.68. The highest BCUT2D eigenvalue weighted by molar-refractivity contribution is 5.94. The fourth-order valence-corrected chi connectivity index (χ4v) is 1.50. The summed E-state index contributed by atoms with van der Waals surface area (Å²) >= 11 is 0. The van der Waals surface area contributed by atoms with Gasteiger partial charge in [-0.05, 0) is 23.6 Å². The van der Waals surface area contributed by atoms with E-state index in [4.69, 9.17) is 0 Å². The molecule has 0 radical (unpaired) electrons. The van der Waals surface area contributed by atoms with E-state index < -0.39 is 0 Å². The third kappa shape index (κ3) is 4.20. The van der Waals surface area contributed by atoms with Gasteiger partial charge in [-0.25, -0.2) is 0 Å². The quantitative estimate of drug-likeness (QED) is 0.813. The van der Waals surface area contributed by atoms with Crippen molar-refractivity contribution in [1.29, 1.82) is 0 Å². The Kier molecular flexibility index (Phi) is 5.36. The highest BCUT2D eigenvalue weighted by Crippen LogP contribution is 2.14. The van der Waals surface area contributed by atoms with Gasteiger partial charge in [0.1, 0.15) is 0 Å². The Morgan fingerprint density at radius 1 is 1.22 bits per heavy atom. The van der Waals surface area contributed by atoms with Gasteiger partial charge in [0.05, 0.1) is 13.5 Å². The molecule has 0 aliphatic rings. The summed E-state index contributed by atoms with van der Waals surface area (Å²) in [7, 11) is 1.33. The molecule has 0 atom stereocenters. The fraction of sp³-hybridized carbons (Fsp3) is 0.429. The van der Waals surface area contributed by atoms with Crippen LogP contribution in [0.2, 0.25) is 0 Å². The van der Waals surface area contributed by atoms with Gasteiger partial charge in [-0.2, -0.15) is 0 Å². The van der Waals surface area contributed by atoms with Crippen LogP contribution >= 0.6 is 0 Å². The second kappa shape index (κ2) is 6.79. The normalized spacial score (nSPS) is 10.2. The molecule has 4 heteroatoms. The average molecular weight is 249 g/mol. The van der Waals surface area contributed by atoms with E-state index in [1.54, 1.807) is 12.1 Å². The van der Waals surface area contributed by atoms with Gasteiger partial charge in [0.25, 0.3) is 5.91 Å². The highest BCUT2D eigenvalue weighted by Gasteiger charge is 2.07. The van der Waals surface area contributed by atoms with Gasteiger partial charge in [-0.1, -0.05) is 26.0 Å². The van der Waals surface area contributed by atoms with Gasteiger partial charge in [-0.15, -0.1) is 0 Å². The number of hydrogen-bond acceptors (Lipinski definition) is 3. The van der Waals surface area contributed by atoms with Crippen LogP contribution in [0.5, 0.6) is 0 Å². The van der Waals surface area contributed by atoms with Crippen LogP contribution in [0, 0.1) is 0 Å². The molecule has 1 N–H and O–H groups in total. The van der Waals surface area contributed by atoms with E-state index in [0.29, 0.717) is 11.5 Å². The minimum absolute atomic E-state index is 0.172. The fourth-order valence-electron chi connectivity index (χ4n) is 1.50.